The number of aromatic nitrogens is 2. The van der Waals surface area contributed by atoms with Crippen LogP contribution in [0.5, 0.6) is 0 Å². The minimum Gasteiger partial charge on any atom is -0.339 e. The topological polar surface area (TPSA) is 56.0 Å². The summed E-state index contributed by atoms with van der Waals surface area (Å²) in [5.41, 5.74) is 0. The van der Waals surface area contributed by atoms with Crippen LogP contribution in [0, 0.1) is 5.92 Å². The van der Waals surface area contributed by atoms with Gasteiger partial charge >= 0.3 is 0 Å². The van der Waals surface area contributed by atoms with Crippen molar-refractivity contribution in [2.24, 2.45) is 5.92 Å². The van der Waals surface area contributed by atoms with Crippen LogP contribution in [0.2, 0.25) is 0 Å². The molecule has 1 rings (SSSR count). The summed E-state index contributed by atoms with van der Waals surface area (Å²) in [6.45, 7) is 5.68. The van der Waals surface area contributed by atoms with E-state index in [-0.39, 0.29) is 11.6 Å². The number of nitrogens with zero attached hydrogens (tertiary/aromatic N) is 2. The fourth-order valence-electron chi connectivity index (χ4n) is 0.912. The summed E-state index contributed by atoms with van der Waals surface area (Å²) in [6.07, 6.45) is 1.75. The van der Waals surface area contributed by atoms with Gasteiger partial charge in [0.1, 0.15) is 0 Å². The molecule has 4 nitrogen and oxygen atoms in total. The number of hydrogen-bond donors (Lipinski definition) is 0. The molecule has 72 valence electrons. The standard InChI is InChI=1S/C9H14N2O2/c1-6(2)4-5-8-10-9(7(3)12)11-13-8/h6H,4-5H2,1-3H3. The van der Waals surface area contributed by atoms with Crippen molar-refractivity contribution in [2.45, 2.75) is 33.6 Å². The zero-order valence-electron chi connectivity index (χ0n) is 8.20. The highest BCUT2D eigenvalue weighted by atomic mass is 16.5. The van der Waals surface area contributed by atoms with Crippen LogP contribution in [0.15, 0.2) is 4.52 Å². The molecular weight excluding hydrogens is 168 g/mol. The summed E-state index contributed by atoms with van der Waals surface area (Å²) in [5.74, 6) is 1.19. The zero-order valence-corrected chi connectivity index (χ0v) is 8.20. The van der Waals surface area contributed by atoms with E-state index >= 15 is 0 Å². The third-order valence-electron chi connectivity index (χ3n) is 1.72. The molecule has 0 amide bonds. The molecule has 0 bridgehead atoms. The highest BCUT2D eigenvalue weighted by Crippen LogP contribution is 2.07. The van der Waals surface area contributed by atoms with Crippen molar-refractivity contribution in [3.63, 3.8) is 0 Å². The van der Waals surface area contributed by atoms with E-state index < -0.39 is 0 Å². The Morgan fingerprint density at radius 1 is 1.54 bits per heavy atom. The van der Waals surface area contributed by atoms with Crippen LogP contribution in [0.3, 0.4) is 0 Å². The van der Waals surface area contributed by atoms with Crippen molar-refractivity contribution in [3.8, 4) is 0 Å². The Balaban J connectivity index is 2.54. The lowest BCUT2D eigenvalue weighted by atomic mass is 10.1. The first-order chi connectivity index (χ1) is 6.09. The molecule has 0 N–H and O–H groups in total. The van der Waals surface area contributed by atoms with Gasteiger partial charge in [0.15, 0.2) is 0 Å². The maximum absolute atomic E-state index is 10.8. The molecule has 0 aromatic carbocycles. The number of carbonyl (C=O) groups is 1. The maximum atomic E-state index is 10.8. The Bertz CT molecular complexity index is 292. The smallest absolute Gasteiger partial charge is 0.238 e. The van der Waals surface area contributed by atoms with Gasteiger partial charge in [-0.25, -0.2) is 0 Å². The molecule has 0 saturated heterocycles. The first-order valence-corrected chi connectivity index (χ1v) is 4.43. The molecule has 0 aliphatic heterocycles. The van der Waals surface area contributed by atoms with Crippen LogP contribution < -0.4 is 0 Å². The van der Waals surface area contributed by atoms with Crippen molar-refractivity contribution < 1.29 is 9.32 Å². The summed E-state index contributed by atoms with van der Waals surface area (Å²) < 4.78 is 4.89. The van der Waals surface area contributed by atoms with E-state index in [4.69, 9.17) is 4.52 Å². The van der Waals surface area contributed by atoms with Crippen LogP contribution in [-0.2, 0) is 6.42 Å². The van der Waals surface area contributed by atoms with Gasteiger partial charge in [0, 0.05) is 13.3 Å². The fourth-order valence-corrected chi connectivity index (χ4v) is 0.912. The van der Waals surface area contributed by atoms with E-state index in [0.717, 1.165) is 12.8 Å². The van der Waals surface area contributed by atoms with E-state index in [1.165, 1.54) is 6.92 Å². The molecule has 0 fully saturated rings. The third kappa shape index (κ3) is 2.97. The van der Waals surface area contributed by atoms with Crippen molar-refractivity contribution >= 4 is 5.78 Å². The van der Waals surface area contributed by atoms with Gasteiger partial charge in [-0.2, -0.15) is 4.98 Å². The predicted molar refractivity (Wildman–Crippen MR) is 47.5 cm³/mol. The third-order valence-corrected chi connectivity index (χ3v) is 1.72. The normalized spacial score (nSPS) is 10.8. The second-order valence-electron chi connectivity index (χ2n) is 3.50. The second-order valence-corrected chi connectivity index (χ2v) is 3.50. The van der Waals surface area contributed by atoms with Crippen LogP contribution in [-0.4, -0.2) is 15.9 Å². The van der Waals surface area contributed by atoms with Gasteiger partial charge in [-0.15, -0.1) is 0 Å². The minimum absolute atomic E-state index is 0.153. The Labute approximate surface area is 77.3 Å². The summed E-state index contributed by atoms with van der Waals surface area (Å²) in [7, 11) is 0. The van der Waals surface area contributed by atoms with Gasteiger partial charge in [0.25, 0.3) is 0 Å². The summed E-state index contributed by atoms with van der Waals surface area (Å²) in [4.78, 5) is 14.8. The number of rotatable bonds is 4. The van der Waals surface area contributed by atoms with E-state index in [1.807, 2.05) is 0 Å². The van der Waals surface area contributed by atoms with Gasteiger partial charge in [-0.1, -0.05) is 19.0 Å². The van der Waals surface area contributed by atoms with E-state index in [9.17, 15) is 4.79 Å². The van der Waals surface area contributed by atoms with E-state index in [2.05, 4.69) is 24.0 Å². The van der Waals surface area contributed by atoms with E-state index in [1.54, 1.807) is 0 Å². The number of aryl methyl sites for hydroxylation is 1. The molecule has 1 heterocycles. The molecule has 0 radical (unpaired) electrons. The van der Waals surface area contributed by atoms with Gasteiger partial charge in [-0.05, 0) is 12.3 Å². The highest BCUT2D eigenvalue weighted by Gasteiger charge is 2.09. The lowest BCUT2D eigenvalue weighted by Gasteiger charge is -1.98. The Morgan fingerprint density at radius 3 is 2.69 bits per heavy atom. The number of hydrogen-bond acceptors (Lipinski definition) is 4. The number of carbonyl (C=O) groups excluding carboxylic acids is 1. The zero-order chi connectivity index (χ0) is 9.84. The van der Waals surface area contributed by atoms with Crippen molar-refractivity contribution in [3.05, 3.63) is 11.7 Å². The van der Waals surface area contributed by atoms with Gasteiger partial charge in [0.05, 0.1) is 0 Å². The Kier molecular flexibility index (Phi) is 3.17. The first kappa shape index (κ1) is 9.89. The number of Topliss-reactive ketones (excluding diaryl/α,β-unsaturated/α-hetero) is 1. The van der Waals surface area contributed by atoms with Gasteiger partial charge in [-0.3, -0.25) is 4.79 Å². The second kappa shape index (κ2) is 4.16. The first-order valence-electron chi connectivity index (χ1n) is 4.43. The number of ketones is 1. The molecule has 4 heteroatoms. The van der Waals surface area contributed by atoms with Crippen LogP contribution in [0.25, 0.3) is 0 Å². The van der Waals surface area contributed by atoms with Crippen LogP contribution >= 0.6 is 0 Å². The SMILES string of the molecule is CC(=O)c1noc(CCC(C)C)n1. The Morgan fingerprint density at radius 2 is 2.23 bits per heavy atom. The minimum atomic E-state index is -0.153. The summed E-state index contributed by atoms with van der Waals surface area (Å²) in [6, 6.07) is 0. The molecule has 0 aliphatic rings. The monoisotopic (exact) mass is 182 g/mol. The Hall–Kier alpha value is -1.19. The average Bonchev–Trinajstić information content (AvgIpc) is 2.48. The predicted octanol–water partition coefficient (Wildman–Crippen LogP) is 1.86. The van der Waals surface area contributed by atoms with Crippen molar-refractivity contribution in [1.82, 2.24) is 10.1 Å². The molecule has 0 aliphatic carbocycles. The van der Waals surface area contributed by atoms with E-state index in [0.29, 0.717) is 11.8 Å². The van der Waals surface area contributed by atoms with Crippen molar-refractivity contribution in [2.75, 3.05) is 0 Å². The van der Waals surface area contributed by atoms with Gasteiger partial charge in [0.2, 0.25) is 17.5 Å². The lowest BCUT2D eigenvalue weighted by Crippen LogP contribution is -1.96. The van der Waals surface area contributed by atoms with Crippen molar-refractivity contribution in [1.29, 1.82) is 0 Å². The maximum Gasteiger partial charge on any atom is 0.238 e. The summed E-state index contributed by atoms with van der Waals surface area (Å²) in [5, 5.41) is 3.56. The molecular formula is C9H14N2O2. The molecule has 0 spiro atoms. The molecule has 0 saturated carbocycles. The molecule has 1 aromatic heterocycles. The largest absolute Gasteiger partial charge is 0.339 e. The summed E-state index contributed by atoms with van der Waals surface area (Å²) >= 11 is 0. The molecule has 0 unspecified atom stereocenters. The van der Waals surface area contributed by atoms with Gasteiger partial charge < -0.3 is 4.52 Å². The molecule has 13 heavy (non-hydrogen) atoms. The highest BCUT2D eigenvalue weighted by molar-refractivity contribution is 5.89. The lowest BCUT2D eigenvalue weighted by molar-refractivity contribution is 0.100. The fraction of sp³-hybridized carbons (Fsp3) is 0.667. The molecule has 0 atom stereocenters. The average molecular weight is 182 g/mol. The van der Waals surface area contributed by atoms with Crippen LogP contribution in [0.1, 0.15) is 43.7 Å². The van der Waals surface area contributed by atoms with Crippen LogP contribution in [0.4, 0.5) is 0 Å². The molecule has 1 aromatic rings. The quantitative estimate of drug-likeness (QED) is 0.667.